The first-order valence-electron chi connectivity index (χ1n) is 16.0. The fourth-order valence-electron chi connectivity index (χ4n) is 4.92. The molecule has 0 saturated carbocycles. The van der Waals surface area contributed by atoms with E-state index >= 15 is 0 Å². The zero-order valence-electron chi connectivity index (χ0n) is 28.7. The van der Waals surface area contributed by atoms with Gasteiger partial charge in [0.1, 0.15) is 23.6 Å². The fourth-order valence-corrected chi connectivity index (χ4v) is 5.20. The topological polar surface area (TPSA) is 129 Å². The van der Waals surface area contributed by atoms with E-state index in [4.69, 9.17) is 30.5 Å². The van der Waals surface area contributed by atoms with Gasteiger partial charge in [0, 0.05) is 25.3 Å². The average molecular weight is 683 g/mol. The second kappa shape index (κ2) is 17.7. The number of cyclic esters (lactones) is 2. The van der Waals surface area contributed by atoms with Crippen molar-refractivity contribution in [3.63, 3.8) is 0 Å². The maximum atomic E-state index is 13.5. The summed E-state index contributed by atoms with van der Waals surface area (Å²) in [6, 6.07) is 11.6. The zero-order chi connectivity index (χ0) is 35.4. The molecule has 0 radical (unpaired) electrons. The summed E-state index contributed by atoms with van der Waals surface area (Å²) in [6.07, 6.45) is 5.48. The number of rotatable bonds is 9. The summed E-state index contributed by atoms with van der Waals surface area (Å²) in [5.41, 5.74) is 0.418. The highest BCUT2D eigenvalue weighted by molar-refractivity contribution is 6.32. The van der Waals surface area contributed by atoms with Gasteiger partial charge < -0.3 is 29.6 Å². The summed E-state index contributed by atoms with van der Waals surface area (Å²) in [7, 11) is 3.10. The molecule has 0 fully saturated rings. The zero-order valence-corrected chi connectivity index (χ0v) is 29.5. The molecule has 2 aromatic carbocycles. The van der Waals surface area contributed by atoms with Crippen LogP contribution in [0.25, 0.3) is 6.08 Å². The van der Waals surface area contributed by atoms with Crippen molar-refractivity contribution in [1.29, 1.82) is 0 Å². The van der Waals surface area contributed by atoms with E-state index in [2.05, 4.69) is 10.6 Å². The molecule has 3 rings (SSSR count). The first-order chi connectivity index (χ1) is 22.7. The van der Waals surface area contributed by atoms with Crippen LogP contribution in [0.3, 0.4) is 0 Å². The van der Waals surface area contributed by atoms with Crippen LogP contribution in [-0.4, -0.2) is 62.8 Å². The van der Waals surface area contributed by atoms with Crippen molar-refractivity contribution in [1.82, 2.24) is 10.6 Å². The van der Waals surface area contributed by atoms with Crippen molar-refractivity contribution in [3.8, 4) is 11.5 Å². The summed E-state index contributed by atoms with van der Waals surface area (Å²) in [6.45, 7) is 8.86. The van der Waals surface area contributed by atoms with E-state index in [1.165, 1.54) is 13.2 Å². The van der Waals surface area contributed by atoms with Gasteiger partial charge >= 0.3 is 11.9 Å². The van der Waals surface area contributed by atoms with Crippen LogP contribution in [0.1, 0.15) is 58.6 Å². The number of amides is 2. The lowest BCUT2D eigenvalue weighted by molar-refractivity contribution is -0.178. The molecule has 260 valence electrons. The van der Waals surface area contributed by atoms with Gasteiger partial charge in [0.25, 0.3) is 0 Å². The minimum absolute atomic E-state index is 0.0189. The largest absolute Gasteiger partial charge is 0.497 e. The van der Waals surface area contributed by atoms with E-state index in [1.54, 1.807) is 45.2 Å². The van der Waals surface area contributed by atoms with Gasteiger partial charge in [-0.3, -0.25) is 14.4 Å². The molecule has 1 aliphatic rings. The number of ether oxygens (including phenoxy) is 4. The molecule has 2 N–H and O–H groups in total. The molecule has 0 saturated heterocycles. The Morgan fingerprint density at radius 1 is 1.00 bits per heavy atom. The predicted molar refractivity (Wildman–Crippen MR) is 185 cm³/mol. The maximum Gasteiger partial charge on any atom is 0.347 e. The molecule has 2 aromatic rings. The Morgan fingerprint density at radius 2 is 1.71 bits per heavy atom. The van der Waals surface area contributed by atoms with Gasteiger partial charge in [-0.05, 0) is 67.7 Å². The number of halogens is 1. The standard InChI is InChI=1S/C37H47ClN2O8/c1-23(2)19-32-35(43)47-30(24(3)11-12-25-13-16-27(45-6)17-14-25)9-8-10-33(41)40-29(21-26-15-18-31(46-7)28(38)20-26)34(42)39-22-37(4,5)36(44)48-32/h8,10-18,20,23-24,29-30,32H,9,19,21-22H2,1-7H3,(H,39,42)(H,40,41)/b10-8+,12-11+/t24-,29+,30+,32+/m1/s1. The molecule has 0 bridgehead atoms. The van der Waals surface area contributed by atoms with E-state index < -0.39 is 47.4 Å². The monoisotopic (exact) mass is 682 g/mol. The van der Waals surface area contributed by atoms with E-state index in [9.17, 15) is 19.2 Å². The fraction of sp³-hybridized carbons (Fsp3) is 0.459. The number of carbonyl (C=O) groups excluding carboxylic acids is 4. The molecule has 0 unspecified atom stereocenters. The molecule has 0 spiro atoms. The van der Waals surface area contributed by atoms with Crippen LogP contribution < -0.4 is 20.1 Å². The maximum absolute atomic E-state index is 13.5. The van der Waals surface area contributed by atoms with Gasteiger partial charge in [0.05, 0.1) is 24.7 Å². The van der Waals surface area contributed by atoms with Crippen molar-refractivity contribution in [2.75, 3.05) is 20.8 Å². The van der Waals surface area contributed by atoms with Crippen molar-refractivity contribution in [3.05, 3.63) is 76.8 Å². The number of carbonyl (C=O) groups is 4. The highest BCUT2D eigenvalue weighted by Crippen LogP contribution is 2.26. The van der Waals surface area contributed by atoms with Crippen LogP contribution in [0.5, 0.6) is 11.5 Å². The molecular formula is C37H47ClN2O8. The molecule has 1 heterocycles. The molecular weight excluding hydrogens is 636 g/mol. The van der Waals surface area contributed by atoms with Crippen molar-refractivity contribution in [2.24, 2.45) is 17.3 Å². The van der Waals surface area contributed by atoms with Crippen LogP contribution in [0.2, 0.25) is 5.02 Å². The van der Waals surface area contributed by atoms with Gasteiger partial charge in [-0.1, -0.05) is 68.8 Å². The lowest BCUT2D eigenvalue weighted by Gasteiger charge is -2.29. The number of hydrogen-bond acceptors (Lipinski definition) is 8. The Balaban J connectivity index is 1.93. The van der Waals surface area contributed by atoms with E-state index in [0.29, 0.717) is 16.3 Å². The number of hydrogen-bond donors (Lipinski definition) is 2. The average Bonchev–Trinajstić information content (AvgIpc) is 3.04. The Labute approximate surface area is 288 Å². The lowest BCUT2D eigenvalue weighted by Crippen LogP contribution is -2.51. The van der Waals surface area contributed by atoms with Crippen molar-refractivity contribution >= 4 is 41.4 Å². The number of esters is 2. The van der Waals surface area contributed by atoms with Gasteiger partial charge in [-0.15, -0.1) is 0 Å². The normalized spacial score (nSPS) is 22.3. The number of nitrogens with one attached hydrogen (secondary N) is 2. The van der Waals surface area contributed by atoms with Crippen LogP contribution >= 0.6 is 11.6 Å². The summed E-state index contributed by atoms with van der Waals surface area (Å²) < 4.78 is 22.2. The Bertz CT molecular complexity index is 1480. The second-order valence-corrected chi connectivity index (χ2v) is 13.4. The van der Waals surface area contributed by atoms with E-state index in [-0.39, 0.29) is 37.6 Å². The summed E-state index contributed by atoms with van der Waals surface area (Å²) in [4.78, 5) is 53.5. The van der Waals surface area contributed by atoms with Crippen molar-refractivity contribution in [2.45, 2.75) is 72.1 Å². The molecule has 4 atom stereocenters. The summed E-state index contributed by atoms with van der Waals surface area (Å²) in [5, 5.41) is 5.90. The molecule has 10 nitrogen and oxygen atoms in total. The SMILES string of the molecule is COc1ccc(/C=C/[C@@H](C)[C@@H]2C/C=C/C(=O)N[C@@H](Cc3ccc(OC)c(Cl)c3)C(=O)NCC(C)(C)C(=O)O[C@@H](CC(C)C)C(=O)O2)cc1. The number of methoxy groups -OCH3 is 2. The molecule has 0 aliphatic carbocycles. The quantitative estimate of drug-likeness (QED) is 0.322. The van der Waals surface area contributed by atoms with E-state index in [1.807, 2.05) is 57.2 Å². The van der Waals surface area contributed by atoms with Crippen LogP contribution in [-0.2, 0) is 35.1 Å². The van der Waals surface area contributed by atoms with Gasteiger partial charge in [-0.2, -0.15) is 0 Å². The van der Waals surface area contributed by atoms with Gasteiger partial charge in [0.15, 0.2) is 6.10 Å². The smallest absolute Gasteiger partial charge is 0.347 e. The molecule has 11 heteroatoms. The molecule has 2 amide bonds. The molecule has 0 aromatic heterocycles. The Hall–Kier alpha value is -4.31. The van der Waals surface area contributed by atoms with Crippen molar-refractivity contribution < 1.29 is 38.1 Å². The van der Waals surface area contributed by atoms with Gasteiger partial charge in [0.2, 0.25) is 11.8 Å². The minimum atomic E-state index is -1.20. The Kier molecular flexibility index (Phi) is 14.1. The van der Waals surface area contributed by atoms with Crippen LogP contribution in [0.15, 0.2) is 60.7 Å². The third-order valence-corrected chi connectivity index (χ3v) is 8.24. The lowest BCUT2D eigenvalue weighted by atomic mass is 9.93. The third kappa shape index (κ3) is 11.4. The minimum Gasteiger partial charge on any atom is -0.497 e. The van der Waals surface area contributed by atoms with Crippen LogP contribution in [0.4, 0.5) is 0 Å². The Morgan fingerprint density at radius 3 is 2.33 bits per heavy atom. The summed E-state index contributed by atoms with van der Waals surface area (Å²) in [5.74, 6) is -1.39. The predicted octanol–water partition coefficient (Wildman–Crippen LogP) is 5.71. The summed E-state index contributed by atoms with van der Waals surface area (Å²) >= 11 is 6.31. The van der Waals surface area contributed by atoms with Crippen LogP contribution in [0, 0.1) is 17.3 Å². The first-order valence-corrected chi connectivity index (χ1v) is 16.4. The third-order valence-electron chi connectivity index (χ3n) is 7.94. The molecule has 1 aliphatic heterocycles. The number of benzene rings is 2. The molecule has 48 heavy (non-hydrogen) atoms. The highest BCUT2D eigenvalue weighted by Gasteiger charge is 2.37. The first kappa shape index (κ1) is 38.1. The van der Waals surface area contributed by atoms with E-state index in [0.717, 1.165) is 11.3 Å². The van der Waals surface area contributed by atoms with Gasteiger partial charge in [-0.25, -0.2) is 4.79 Å². The second-order valence-electron chi connectivity index (χ2n) is 13.0. The highest BCUT2D eigenvalue weighted by atomic mass is 35.5.